The molecule has 1 fully saturated rings. The summed E-state index contributed by atoms with van der Waals surface area (Å²) in [4.78, 5) is 13.4. The van der Waals surface area contributed by atoms with Crippen LogP contribution < -0.4 is 5.73 Å². The predicted octanol–water partition coefficient (Wildman–Crippen LogP) is -0.0470. The highest BCUT2D eigenvalue weighted by molar-refractivity contribution is 5.81. The molecular formula is C10H20N2O2. The van der Waals surface area contributed by atoms with Gasteiger partial charge in [0.25, 0.3) is 0 Å². The van der Waals surface area contributed by atoms with Crippen LogP contribution >= 0.6 is 0 Å². The number of likely N-dealkylation sites (tertiary alicyclic amines) is 1. The van der Waals surface area contributed by atoms with Crippen molar-refractivity contribution in [2.75, 3.05) is 13.1 Å². The van der Waals surface area contributed by atoms with Gasteiger partial charge in [0.2, 0.25) is 5.91 Å². The molecule has 0 saturated carbocycles. The molecule has 1 amide bonds. The third-order valence-corrected chi connectivity index (χ3v) is 2.84. The fourth-order valence-electron chi connectivity index (χ4n) is 1.89. The van der Waals surface area contributed by atoms with Crippen molar-refractivity contribution in [2.45, 2.75) is 38.8 Å². The van der Waals surface area contributed by atoms with E-state index < -0.39 is 6.04 Å². The van der Waals surface area contributed by atoms with Gasteiger partial charge in [-0.05, 0) is 26.7 Å². The molecular weight excluding hydrogens is 180 g/mol. The second-order valence-electron chi connectivity index (χ2n) is 4.22. The van der Waals surface area contributed by atoms with Crippen molar-refractivity contribution >= 4 is 5.91 Å². The lowest BCUT2D eigenvalue weighted by Gasteiger charge is -2.35. The van der Waals surface area contributed by atoms with E-state index >= 15 is 0 Å². The van der Waals surface area contributed by atoms with Gasteiger partial charge in [0, 0.05) is 19.0 Å². The van der Waals surface area contributed by atoms with E-state index in [1.165, 1.54) is 0 Å². The van der Waals surface area contributed by atoms with Gasteiger partial charge in [0.05, 0.1) is 12.1 Å². The average Bonchev–Trinajstić information content (AvgIpc) is 2.16. The molecule has 0 spiro atoms. The highest BCUT2D eigenvalue weighted by Crippen LogP contribution is 2.19. The Hall–Kier alpha value is -0.610. The number of nitrogens with zero attached hydrogens (tertiary/aromatic N) is 1. The molecule has 1 rings (SSSR count). The number of aliphatic hydroxyl groups is 1. The molecule has 0 radical (unpaired) electrons. The number of carbonyl (C=O) groups is 1. The van der Waals surface area contributed by atoms with E-state index in [-0.39, 0.29) is 17.9 Å². The number of piperidine rings is 1. The molecule has 0 unspecified atom stereocenters. The first-order valence-corrected chi connectivity index (χ1v) is 5.24. The predicted molar refractivity (Wildman–Crippen MR) is 54.6 cm³/mol. The second kappa shape index (κ2) is 4.75. The van der Waals surface area contributed by atoms with Crippen LogP contribution in [-0.2, 0) is 4.79 Å². The summed E-state index contributed by atoms with van der Waals surface area (Å²) in [7, 11) is 0. The zero-order valence-corrected chi connectivity index (χ0v) is 8.94. The Morgan fingerprint density at radius 3 is 2.71 bits per heavy atom. The van der Waals surface area contributed by atoms with Crippen molar-refractivity contribution in [1.29, 1.82) is 0 Å². The number of carbonyl (C=O) groups excluding carboxylic acids is 1. The smallest absolute Gasteiger partial charge is 0.239 e. The van der Waals surface area contributed by atoms with E-state index in [1.54, 1.807) is 18.7 Å². The van der Waals surface area contributed by atoms with Crippen LogP contribution in [-0.4, -0.2) is 41.1 Å². The number of aliphatic hydroxyl groups excluding tert-OH is 1. The molecule has 4 nitrogen and oxygen atoms in total. The Morgan fingerprint density at radius 1 is 1.57 bits per heavy atom. The molecule has 3 N–H and O–H groups in total. The van der Waals surface area contributed by atoms with E-state index in [1.807, 2.05) is 0 Å². The zero-order valence-electron chi connectivity index (χ0n) is 8.94. The molecule has 14 heavy (non-hydrogen) atoms. The van der Waals surface area contributed by atoms with Gasteiger partial charge in [-0.1, -0.05) is 0 Å². The lowest BCUT2D eigenvalue weighted by atomic mass is 9.93. The highest BCUT2D eigenvalue weighted by atomic mass is 16.3. The minimum Gasteiger partial charge on any atom is -0.393 e. The van der Waals surface area contributed by atoms with E-state index in [0.717, 1.165) is 19.4 Å². The molecule has 0 aromatic carbocycles. The molecule has 1 aliphatic rings. The van der Waals surface area contributed by atoms with Crippen LogP contribution in [0, 0.1) is 5.92 Å². The van der Waals surface area contributed by atoms with E-state index in [4.69, 9.17) is 5.73 Å². The maximum Gasteiger partial charge on any atom is 0.239 e. The molecule has 1 aliphatic heterocycles. The summed E-state index contributed by atoms with van der Waals surface area (Å²) in [6.45, 7) is 4.92. The summed E-state index contributed by atoms with van der Waals surface area (Å²) in [5.41, 5.74) is 5.53. The highest BCUT2D eigenvalue weighted by Gasteiger charge is 2.27. The largest absolute Gasteiger partial charge is 0.393 e. The molecule has 1 heterocycles. The van der Waals surface area contributed by atoms with Crippen molar-refractivity contribution in [2.24, 2.45) is 11.7 Å². The van der Waals surface area contributed by atoms with E-state index in [0.29, 0.717) is 6.54 Å². The summed E-state index contributed by atoms with van der Waals surface area (Å²) < 4.78 is 0. The molecule has 0 aromatic rings. The molecule has 3 atom stereocenters. The van der Waals surface area contributed by atoms with Crippen LogP contribution in [0.1, 0.15) is 26.7 Å². The summed E-state index contributed by atoms with van der Waals surface area (Å²) in [5.74, 6) is 0.210. The van der Waals surface area contributed by atoms with Crippen molar-refractivity contribution in [3.05, 3.63) is 0 Å². The third kappa shape index (κ3) is 2.69. The molecule has 0 aliphatic carbocycles. The van der Waals surface area contributed by atoms with Gasteiger partial charge in [0.1, 0.15) is 0 Å². The summed E-state index contributed by atoms with van der Waals surface area (Å²) in [6, 6.07) is -0.428. The van der Waals surface area contributed by atoms with E-state index in [9.17, 15) is 9.90 Å². The summed E-state index contributed by atoms with van der Waals surface area (Å²) in [6.07, 6.45) is 1.63. The van der Waals surface area contributed by atoms with E-state index in [2.05, 4.69) is 0 Å². The fraction of sp³-hybridized carbons (Fsp3) is 0.900. The van der Waals surface area contributed by atoms with Gasteiger partial charge >= 0.3 is 0 Å². The van der Waals surface area contributed by atoms with Crippen LogP contribution in [0.5, 0.6) is 0 Å². The SMILES string of the molecule is C[C@H](N)C(=O)N1CCC[C@H]([C@@H](C)O)C1. The van der Waals surface area contributed by atoms with Crippen molar-refractivity contribution in [3.8, 4) is 0 Å². The number of rotatable bonds is 2. The van der Waals surface area contributed by atoms with Crippen LogP contribution in [0.2, 0.25) is 0 Å². The molecule has 1 saturated heterocycles. The van der Waals surface area contributed by atoms with Gasteiger partial charge in [-0.15, -0.1) is 0 Å². The lowest BCUT2D eigenvalue weighted by Crippen LogP contribution is -2.48. The van der Waals surface area contributed by atoms with Gasteiger partial charge in [-0.3, -0.25) is 4.79 Å². The third-order valence-electron chi connectivity index (χ3n) is 2.84. The first kappa shape index (κ1) is 11.5. The van der Waals surface area contributed by atoms with Gasteiger partial charge in [0.15, 0.2) is 0 Å². The standard InChI is InChI=1S/C10H20N2O2/c1-7(11)10(14)12-5-3-4-9(6-12)8(2)13/h7-9,13H,3-6,11H2,1-2H3/t7-,8+,9-/m0/s1. The normalized spacial score (nSPS) is 27.1. The maximum absolute atomic E-state index is 11.6. The quantitative estimate of drug-likeness (QED) is 0.657. The second-order valence-corrected chi connectivity index (χ2v) is 4.22. The molecule has 4 heteroatoms. The number of hydrogen-bond acceptors (Lipinski definition) is 3. The average molecular weight is 200 g/mol. The zero-order chi connectivity index (χ0) is 10.7. The van der Waals surface area contributed by atoms with Crippen molar-refractivity contribution in [1.82, 2.24) is 4.90 Å². The van der Waals surface area contributed by atoms with Crippen LogP contribution in [0.25, 0.3) is 0 Å². The van der Waals surface area contributed by atoms with Crippen LogP contribution in [0.4, 0.5) is 0 Å². The Morgan fingerprint density at radius 2 is 2.21 bits per heavy atom. The minimum atomic E-state index is -0.428. The van der Waals surface area contributed by atoms with Crippen molar-refractivity contribution in [3.63, 3.8) is 0 Å². The molecule has 0 bridgehead atoms. The van der Waals surface area contributed by atoms with Crippen LogP contribution in [0.15, 0.2) is 0 Å². The van der Waals surface area contributed by atoms with Gasteiger partial charge in [-0.25, -0.2) is 0 Å². The Kier molecular flexibility index (Phi) is 3.89. The Bertz CT molecular complexity index is 204. The monoisotopic (exact) mass is 200 g/mol. The summed E-state index contributed by atoms with van der Waals surface area (Å²) in [5, 5.41) is 9.45. The first-order valence-electron chi connectivity index (χ1n) is 5.24. The fourth-order valence-corrected chi connectivity index (χ4v) is 1.89. The Labute approximate surface area is 85.1 Å². The van der Waals surface area contributed by atoms with Gasteiger partial charge < -0.3 is 15.7 Å². The minimum absolute atomic E-state index is 0.00431. The maximum atomic E-state index is 11.6. The first-order chi connectivity index (χ1) is 6.52. The number of hydrogen-bond donors (Lipinski definition) is 2. The topological polar surface area (TPSA) is 66.6 Å². The molecule has 0 aromatic heterocycles. The molecule has 82 valence electrons. The van der Waals surface area contributed by atoms with Crippen LogP contribution in [0.3, 0.4) is 0 Å². The van der Waals surface area contributed by atoms with Crippen molar-refractivity contribution < 1.29 is 9.90 Å². The number of nitrogens with two attached hydrogens (primary N) is 1. The Balaban J connectivity index is 2.51. The number of amides is 1. The van der Waals surface area contributed by atoms with Gasteiger partial charge in [-0.2, -0.15) is 0 Å². The summed E-state index contributed by atoms with van der Waals surface area (Å²) >= 11 is 0. The lowest BCUT2D eigenvalue weighted by molar-refractivity contribution is -0.134.